The summed E-state index contributed by atoms with van der Waals surface area (Å²) in [6.45, 7) is 3.35. The Morgan fingerprint density at radius 2 is 1.90 bits per heavy atom. The Balaban J connectivity index is 2.23. The van der Waals surface area contributed by atoms with E-state index in [4.69, 9.17) is 10.5 Å². The standard InChI is InChI=1S/C16H19BrN2O/c1-3-20-15-10-6-9-14(16(15)18)19(2)11-12-7-4-5-8-13(12)17/h4-10H,3,11,18H2,1-2H3. The van der Waals surface area contributed by atoms with Crippen LogP contribution in [-0.2, 0) is 6.54 Å². The van der Waals surface area contributed by atoms with Crippen molar-refractivity contribution in [1.29, 1.82) is 0 Å². The predicted molar refractivity (Wildman–Crippen MR) is 88.3 cm³/mol. The van der Waals surface area contributed by atoms with Gasteiger partial charge in [0.25, 0.3) is 0 Å². The summed E-state index contributed by atoms with van der Waals surface area (Å²) in [7, 11) is 2.03. The molecule has 0 spiro atoms. The fourth-order valence-corrected chi connectivity index (χ4v) is 2.52. The van der Waals surface area contributed by atoms with E-state index in [0.717, 1.165) is 22.5 Å². The predicted octanol–water partition coefficient (Wildman–Crippen LogP) is 4.07. The van der Waals surface area contributed by atoms with Crippen LogP contribution >= 0.6 is 15.9 Å². The summed E-state index contributed by atoms with van der Waals surface area (Å²) >= 11 is 3.57. The van der Waals surface area contributed by atoms with Crippen LogP contribution in [0.15, 0.2) is 46.9 Å². The molecule has 2 aromatic carbocycles. The fraction of sp³-hybridized carbons (Fsp3) is 0.250. The van der Waals surface area contributed by atoms with E-state index < -0.39 is 0 Å². The van der Waals surface area contributed by atoms with Gasteiger partial charge < -0.3 is 15.4 Å². The Morgan fingerprint density at radius 1 is 1.15 bits per heavy atom. The minimum Gasteiger partial charge on any atom is -0.492 e. The van der Waals surface area contributed by atoms with Crippen molar-refractivity contribution in [1.82, 2.24) is 0 Å². The van der Waals surface area contributed by atoms with Gasteiger partial charge in [-0.25, -0.2) is 0 Å². The number of nitrogen functional groups attached to an aromatic ring is 1. The molecule has 0 atom stereocenters. The lowest BCUT2D eigenvalue weighted by Crippen LogP contribution is -2.18. The van der Waals surface area contributed by atoms with E-state index in [0.29, 0.717) is 12.3 Å². The molecule has 0 fully saturated rings. The number of halogens is 1. The van der Waals surface area contributed by atoms with Crippen LogP contribution in [0, 0.1) is 0 Å². The highest BCUT2D eigenvalue weighted by Gasteiger charge is 2.11. The van der Waals surface area contributed by atoms with E-state index in [1.165, 1.54) is 5.56 Å². The van der Waals surface area contributed by atoms with Crippen molar-refractivity contribution in [3.63, 3.8) is 0 Å². The van der Waals surface area contributed by atoms with Gasteiger partial charge in [-0.15, -0.1) is 0 Å². The summed E-state index contributed by atoms with van der Waals surface area (Å²) in [6.07, 6.45) is 0. The summed E-state index contributed by atoms with van der Waals surface area (Å²) in [4.78, 5) is 2.12. The van der Waals surface area contributed by atoms with Crippen LogP contribution in [0.3, 0.4) is 0 Å². The third-order valence-electron chi connectivity index (χ3n) is 3.12. The molecule has 0 aliphatic heterocycles. The number of nitrogens with two attached hydrogens (primary N) is 1. The summed E-state index contributed by atoms with van der Waals surface area (Å²) in [5, 5.41) is 0. The van der Waals surface area contributed by atoms with Crippen LogP contribution in [0.25, 0.3) is 0 Å². The highest BCUT2D eigenvalue weighted by molar-refractivity contribution is 9.10. The van der Waals surface area contributed by atoms with Gasteiger partial charge in [0.15, 0.2) is 0 Å². The van der Waals surface area contributed by atoms with Crippen LogP contribution in [0.1, 0.15) is 12.5 Å². The van der Waals surface area contributed by atoms with Crippen molar-refractivity contribution in [2.24, 2.45) is 0 Å². The summed E-state index contributed by atoms with van der Waals surface area (Å²) in [5.74, 6) is 0.740. The van der Waals surface area contributed by atoms with Crippen molar-refractivity contribution in [2.45, 2.75) is 13.5 Å². The second-order valence-corrected chi connectivity index (χ2v) is 5.42. The molecule has 0 saturated heterocycles. The van der Waals surface area contributed by atoms with Crippen molar-refractivity contribution in [2.75, 3.05) is 24.3 Å². The van der Waals surface area contributed by atoms with Gasteiger partial charge in [-0.05, 0) is 30.7 Å². The maximum atomic E-state index is 6.18. The number of para-hydroxylation sites is 1. The molecule has 0 heterocycles. The van der Waals surface area contributed by atoms with E-state index in [1.54, 1.807) is 0 Å². The van der Waals surface area contributed by atoms with Crippen molar-refractivity contribution < 1.29 is 4.74 Å². The first kappa shape index (κ1) is 14.7. The Labute approximate surface area is 128 Å². The molecule has 4 heteroatoms. The molecule has 0 radical (unpaired) electrons. The molecule has 2 rings (SSSR count). The first-order chi connectivity index (χ1) is 9.63. The molecule has 3 nitrogen and oxygen atoms in total. The fourth-order valence-electron chi connectivity index (χ4n) is 2.11. The second-order valence-electron chi connectivity index (χ2n) is 4.57. The van der Waals surface area contributed by atoms with Crippen LogP contribution in [0.4, 0.5) is 11.4 Å². The number of benzene rings is 2. The van der Waals surface area contributed by atoms with E-state index >= 15 is 0 Å². The minimum absolute atomic E-state index is 0.613. The van der Waals surface area contributed by atoms with Crippen LogP contribution < -0.4 is 15.4 Å². The van der Waals surface area contributed by atoms with E-state index in [1.807, 2.05) is 50.4 Å². The summed E-state index contributed by atoms with van der Waals surface area (Å²) < 4.78 is 6.64. The van der Waals surface area contributed by atoms with E-state index in [2.05, 4.69) is 26.9 Å². The number of rotatable bonds is 5. The maximum absolute atomic E-state index is 6.18. The van der Waals surface area contributed by atoms with Gasteiger partial charge in [0, 0.05) is 18.1 Å². The van der Waals surface area contributed by atoms with Gasteiger partial charge in [0.05, 0.1) is 18.0 Å². The smallest absolute Gasteiger partial charge is 0.144 e. The van der Waals surface area contributed by atoms with Crippen LogP contribution in [-0.4, -0.2) is 13.7 Å². The molecule has 2 N–H and O–H groups in total. The molecule has 0 aromatic heterocycles. The van der Waals surface area contributed by atoms with Gasteiger partial charge in [-0.1, -0.05) is 40.2 Å². The molecule has 0 aliphatic rings. The molecule has 106 valence electrons. The zero-order chi connectivity index (χ0) is 14.5. The second kappa shape index (κ2) is 6.66. The SMILES string of the molecule is CCOc1cccc(N(C)Cc2ccccc2Br)c1N. The molecule has 0 aliphatic carbocycles. The highest BCUT2D eigenvalue weighted by Crippen LogP contribution is 2.32. The van der Waals surface area contributed by atoms with Gasteiger partial charge in [0.2, 0.25) is 0 Å². The van der Waals surface area contributed by atoms with Crippen molar-refractivity contribution in [3.05, 3.63) is 52.5 Å². The topological polar surface area (TPSA) is 38.5 Å². The number of hydrogen-bond acceptors (Lipinski definition) is 3. The Hall–Kier alpha value is -1.68. The Kier molecular flexibility index (Phi) is 4.90. The minimum atomic E-state index is 0.613. The van der Waals surface area contributed by atoms with E-state index in [9.17, 15) is 0 Å². The monoisotopic (exact) mass is 334 g/mol. The quantitative estimate of drug-likeness (QED) is 0.837. The Morgan fingerprint density at radius 3 is 2.60 bits per heavy atom. The highest BCUT2D eigenvalue weighted by atomic mass is 79.9. The zero-order valence-electron chi connectivity index (χ0n) is 11.8. The molecule has 20 heavy (non-hydrogen) atoms. The average molecular weight is 335 g/mol. The van der Waals surface area contributed by atoms with Crippen molar-refractivity contribution in [3.8, 4) is 5.75 Å². The summed E-state index contributed by atoms with van der Waals surface area (Å²) in [6, 6.07) is 14.1. The molecule has 2 aromatic rings. The number of nitrogens with zero attached hydrogens (tertiary/aromatic N) is 1. The van der Waals surface area contributed by atoms with Gasteiger partial charge >= 0.3 is 0 Å². The maximum Gasteiger partial charge on any atom is 0.144 e. The molecule has 0 bridgehead atoms. The average Bonchev–Trinajstić information content (AvgIpc) is 2.44. The molecular weight excluding hydrogens is 316 g/mol. The lowest BCUT2D eigenvalue weighted by atomic mass is 10.2. The number of ether oxygens (including phenoxy) is 1. The third-order valence-corrected chi connectivity index (χ3v) is 3.89. The molecule has 0 unspecified atom stereocenters. The van der Waals surface area contributed by atoms with Gasteiger partial charge in [-0.2, -0.15) is 0 Å². The first-order valence-corrected chi connectivity index (χ1v) is 7.38. The third kappa shape index (κ3) is 3.25. The van der Waals surface area contributed by atoms with Crippen molar-refractivity contribution >= 4 is 27.3 Å². The van der Waals surface area contributed by atoms with Crippen LogP contribution in [0.5, 0.6) is 5.75 Å². The van der Waals surface area contributed by atoms with Crippen LogP contribution in [0.2, 0.25) is 0 Å². The zero-order valence-corrected chi connectivity index (χ0v) is 13.4. The number of anilines is 2. The van der Waals surface area contributed by atoms with E-state index in [-0.39, 0.29) is 0 Å². The Bertz CT molecular complexity index is 586. The largest absolute Gasteiger partial charge is 0.492 e. The lowest BCUT2D eigenvalue weighted by molar-refractivity contribution is 0.342. The molecule has 0 saturated carbocycles. The lowest BCUT2D eigenvalue weighted by Gasteiger charge is -2.23. The molecule has 0 amide bonds. The first-order valence-electron chi connectivity index (χ1n) is 6.59. The van der Waals surface area contributed by atoms with Gasteiger partial charge in [-0.3, -0.25) is 0 Å². The number of hydrogen-bond donors (Lipinski definition) is 1. The van der Waals surface area contributed by atoms with Gasteiger partial charge in [0.1, 0.15) is 5.75 Å². The molecular formula is C16H19BrN2O. The summed E-state index contributed by atoms with van der Waals surface area (Å²) in [5.41, 5.74) is 9.06. The normalized spacial score (nSPS) is 10.3.